The summed E-state index contributed by atoms with van der Waals surface area (Å²) < 4.78 is 4.48. The van der Waals surface area contributed by atoms with Crippen molar-refractivity contribution in [2.75, 3.05) is 7.11 Å². The van der Waals surface area contributed by atoms with Crippen molar-refractivity contribution in [3.8, 4) is 0 Å². The molecule has 0 spiro atoms. The fourth-order valence-corrected chi connectivity index (χ4v) is 1.65. The van der Waals surface area contributed by atoms with Crippen LogP contribution in [0.1, 0.15) is 20.3 Å². The van der Waals surface area contributed by atoms with Crippen LogP contribution in [0.25, 0.3) is 0 Å². The first kappa shape index (κ1) is 12.5. The van der Waals surface area contributed by atoms with E-state index in [9.17, 15) is 14.4 Å². The van der Waals surface area contributed by atoms with Gasteiger partial charge in [0, 0.05) is 6.42 Å². The van der Waals surface area contributed by atoms with E-state index in [1.54, 1.807) is 0 Å². The summed E-state index contributed by atoms with van der Waals surface area (Å²) in [5.74, 6) is -1.06. The zero-order valence-corrected chi connectivity index (χ0v) is 9.57. The standard InChI is InChI=1S/C10H16N2O4/c1-5-4-7(13)12-8(5)9(14)11-6(2)10(15)16-3/h5-6,8H,4H2,1-3H3,(H,11,14)(H,12,13)/t5-,6+,8-/m0/s1. The quantitative estimate of drug-likeness (QED) is 0.619. The van der Waals surface area contributed by atoms with Crippen molar-refractivity contribution in [2.45, 2.75) is 32.4 Å². The van der Waals surface area contributed by atoms with E-state index in [0.717, 1.165) is 0 Å². The average molecular weight is 228 g/mol. The Morgan fingerprint density at radius 1 is 1.56 bits per heavy atom. The van der Waals surface area contributed by atoms with Crippen molar-refractivity contribution in [1.29, 1.82) is 0 Å². The Kier molecular flexibility index (Phi) is 3.87. The molecule has 1 heterocycles. The number of ether oxygens (including phenoxy) is 1. The Bertz CT molecular complexity index is 316. The van der Waals surface area contributed by atoms with Gasteiger partial charge >= 0.3 is 5.97 Å². The first-order valence-corrected chi connectivity index (χ1v) is 5.13. The summed E-state index contributed by atoms with van der Waals surface area (Å²) in [5.41, 5.74) is 0. The predicted octanol–water partition coefficient (Wildman–Crippen LogP) is -0.811. The van der Waals surface area contributed by atoms with E-state index in [0.29, 0.717) is 6.42 Å². The van der Waals surface area contributed by atoms with E-state index in [-0.39, 0.29) is 17.7 Å². The number of nitrogens with one attached hydrogen (secondary N) is 2. The molecule has 3 atom stereocenters. The maximum Gasteiger partial charge on any atom is 0.328 e. The third-order valence-corrected chi connectivity index (χ3v) is 2.59. The highest BCUT2D eigenvalue weighted by molar-refractivity contribution is 5.93. The van der Waals surface area contributed by atoms with E-state index in [1.807, 2.05) is 6.92 Å². The number of hydrogen-bond donors (Lipinski definition) is 2. The fourth-order valence-electron chi connectivity index (χ4n) is 1.65. The Morgan fingerprint density at radius 3 is 2.62 bits per heavy atom. The fraction of sp³-hybridized carbons (Fsp3) is 0.700. The highest BCUT2D eigenvalue weighted by atomic mass is 16.5. The summed E-state index contributed by atoms with van der Waals surface area (Å²) in [6.45, 7) is 3.34. The molecule has 0 aromatic rings. The van der Waals surface area contributed by atoms with Crippen molar-refractivity contribution in [3.63, 3.8) is 0 Å². The van der Waals surface area contributed by atoms with E-state index in [1.165, 1.54) is 14.0 Å². The molecule has 0 aromatic carbocycles. The molecule has 1 rings (SSSR count). The Labute approximate surface area is 93.7 Å². The molecular weight excluding hydrogens is 212 g/mol. The molecule has 1 saturated heterocycles. The molecule has 0 aliphatic carbocycles. The molecule has 1 aliphatic heterocycles. The number of carbonyl (C=O) groups excluding carboxylic acids is 3. The van der Waals surface area contributed by atoms with Crippen molar-refractivity contribution in [1.82, 2.24) is 10.6 Å². The predicted molar refractivity (Wildman–Crippen MR) is 55.3 cm³/mol. The van der Waals surface area contributed by atoms with Crippen molar-refractivity contribution < 1.29 is 19.1 Å². The van der Waals surface area contributed by atoms with Crippen LogP contribution in [0, 0.1) is 5.92 Å². The van der Waals surface area contributed by atoms with Crippen LogP contribution in [-0.4, -0.2) is 37.0 Å². The number of hydrogen-bond acceptors (Lipinski definition) is 4. The monoisotopic (exact) mass is 228 g/mol. The summed E-state index contributed by atoms with van der Waals surface area (Å²) in [6, 6.07) is -1.26. The molecule has 6 heteroatoms. The molecule has 90 valence electrons. The molecule has 0 unspecified atom stereocenters. The van der Waals surface area contributed by atoms with Gasteiger partial charge in [-0.3, -0.25) is 9.59 Å². The summed E-state index contributed by atoms with van der Waals surface area (Å²) >= 11 is 0. The van der Waals surface area contributed by atoms with Gasteiger partial charge in [-0.1, -0.05) is 6.92 Å². The van der Waals surface area contributed by atoms with Gasteiger partial charge in [-0.15, -0.1) is 0 Å². The maximum atomic E-state index is 11.7. The van der Waals surface area contributed by atoms with Gasteiger partial charge in [0.2, 0.25) is 11.8 Å². The lowest BCUT2D eigenvalue weighted by molar-refractivity contribution is -0.144. The number of carbonyl (C=O) groups is 3. The molecule has 1 aliphatic rings. The zero-order valence-electron chi connectivity index (χ0n) is 9.57. The lowest BCUT2D eigenvalue weighted by Gasteiger charge is -2.17. The SMILES string of the molecule is COC(=O)[C@@H](C)NC(=O)[C@H]1NC(=O)C[C@@H]1C. The number of amides is 2. The van der Waals surface area contributed by atoms with Crippen LogP contribution in [0.5, 0.6) is 0 Å². The zero-order chi connectivity index (χ0) is 12.3. The summed E-state index contributed by atoms with van der Waals surface area (Å²) in [5, 5.41) is 5.06. The minimum absolute atomic E-state index is 0.0580. The minimum Gasteiger partial charge on any atom is -0.467 e. The van der Waals surface area contributed by atoms with Gasteiger partial charge in [0.25, 0.3) is 0 Å². The topological polar surface area (TPSA) is 84.5 Å². The second-order valence-corrected chi connectivity index (χ2v) is 3.98. The van der Waals surface area contributed by atoms with Crippen LogP contribution in [0.3, 0.4) is 0 Å². The maximum absolute atomic E-state index is 11.7. The second-order valence-electron chi connectivity index (χ2n) is 3.98. The summed E-state index contributed by atoms with van der Waals surface area (Å²) in [7, 11) is 1.25. The molecule has 16 heavy (non-hydrogen) atoms. The number of methoxy groups -OCH3 is 1. The van der Waals surface area contributed by atoms with E-state index >= 15 is 0 Å². The number of rotatable bonds is 3. The highest BCUT2D eigenvalue weighted by Crippen LogP contribution is 2.15. The third-order valence-electron chi connectivity index (χ3n) is 2.59. The van der Waals surface area contributed by atoms with Crippen molar-refractivity contribution in [2.24, 2.45) is 5.92 Å². The smallest absolute Gasteiger partial charge is 0.328 e. The molecule has 0 radical (unpaired) electrons. The molecule has 0 aromatic heterocycles. The Morgan fingerprint density at radius 2 is 2.19 bits per heavy atom. The third kappa shape index (κ3) is 2.71. The molecule has 0 saturated carbocycles. The Hall–Kier alpha value is -1.59. The molecule has 1 fully saturated rings. The van der Waals surface area contributed by atoms with Gasteiger partial charge in [-0.05, 0) is 12.8 Å². The highest BCUT2D eigenvalue weighted by Gasteiger charge is 2.35. The molecule has 0 bridgehead atoms. The summed E-state index contributed by atoms with van der Waals surface area (Å²) in [4.78, 5) is 33.8. The molecular formula is C10H16N2O4. The van der Waals surface area contributed by atoms with Gasteiger partial charge in [0.15, 0.2) is 0 Å². The van der Waals surface area contributed by atoms with Gasteiger partial charge in [0.1, 0.15) is 12.1 Å². The average Bonchev–Trinajstić information content (AvgIpc) is 2.56. The van der Waals surface area contributed by atoms with E-state index in [2.05, 4.69) is 15.4 Å². The number of esters is 1. The molecule has 2 amide bonds. The van der Waals surface area contributed by atoms with Gasteiger partial charge in [-0.25, -0.2) is 4.79 Å². The lowest BCUT2D eigenvalue weighted by Crippen LogP contribution is -2.49. The largest absolute Gasteiger partial charge is 0.467 e. The van der Waals surface area contributed by atoms with Crippen LogP contribution < -0.4 is 10.6 Å². The van der Waals surface area contributed by atoms with Crippen molar-refractivity contribution in [3.05, 3.63) is 0 Å². The normalized spacial score (nSPS) is 25.8. The van der Waals surface area contributed by atoms with Gasteiger partial charge in [0.05, 0.1) is 7.11 Å². The van der Waals surface area contributed by atoms with Crippen LogP contribution in [0.4, 0.5) is 0 Å². The van der Waals surface area contributed by atoms with Gasteiger partial charge in [-0.2, -0.15) is 0 Å². The van der Waals surface area contributed by atoms with Gasteiger partial charge < -0.3 is 15.4 Å². The first-order valence-electron chi connectivity index (χ1n) is 5.13. The summed E-state index contributed by atoms with van der Waals surface area (Å²) in [6.07, 6.45) is 0.338. The Balaban J connectivity index is 2.52. The minimum atomic E-state index is -0.706. The lowest BCUT2D eigenvalue weighted by atomic mass is 10.0. The van der Waals surface area contributed by atoms with Crippen LogP contribution >= 0.6 is 0 Å². The second kappa shape index (κ2) is 4.96. The molecule has 2 N–H and O–H groups in total. The molecule has 6 nitrogen and oxygen atoms in total. The van der Waals surface area contributed by atoms with E-state index < -0.39 is 18.1 Å². The van der Waals surface area contributed by atoms with Crippen LogP contribution in [-0.2, 0) is 19.1 Å². The van der Waals surface area contributed by atoms with Crippen LogP contribution in [0.15, 0.2) is 0 Å². The first-order chi connectivity index (χ1) is 7.45. The van der Waals surface area contributed by atoms with Crippen molar-refractivity contribution >= 4 is 17.8 Å². The van der Waals surface area contributed by atoms with Crippen LogP contribution in [0.2, 0.25) is 0 Å². The van der Waals surface area contributed by atoms with E-state index in [4.69, 9.17) is 0 Å².